The lowest BCUT2D eigenvalue weighted by Gasteiger charge is -2.45. The van der Waals surface area contributed by atoms with Gasteiger partial charge in [-0.25, -0.2) is 23.8 Å². The fraction of sp³-hybridized carbons (Fsp3) is 0.364. The van der Waals surface area contributed by atoms with Crippen molar-refractivity contribution in [1.82, 2.24) is 9.88 Å². The highest BCUT2D eigenvalue weighted by molar-refractivity contribution is 7.13. The molecule has 5 rings (SSSR count). The van der Waals surface area contributed by atoms with Crippen molar-refractivity contribution in [3.63, 3.8) is 0 Å². The zero-order chi connectivity index (χ0) is 24.0. The van der Waals surface area contributed by atoms with Gasteiger partial charge >= 0.3 is 18.0 Å². The van der Waals surface area contributed by atoms with E-state index in [2.05, 4.69) is 9.88 Å². The molecule has 1 aromatic carbocycles. The minimum Gasteiger partial charge on any atom is -0.478 e. The number of hydrogen-bond donors (Lipinski definition) is 3. The summed E-state index contributed by atoms with van der Waals surface area (Å²) in [6, 6.07) is 6.11. The molecule has 1 aromatic heterocycles. The van der Waals surface area contributed by atoms with E-state index >= 15 is 0 Å². The molecular weight excluding hydrogens is 453 g/mol. The maximum absolute atomic E-state index is 13.2. The predicted octanol–water partition coefficient (Wildman–Crippen LogP) is 3.49. The molecule has 4 heterocycles. The number of anilines is 1. The number of nitrogens with zero attached hydrogens (tertiary/aromatic N) is 3. The fourth-order valence-electron chi connectivity index (χ4n) is 4.16. The van der Waals surface area contributed by atoms with Gasteiger partial charge in [0, 0.05) is 25.2 Å². The van der Waals surface area contributed by atoms with E-state index in [1.165, 1.54) is 28.4 Å². The Labute approximate surface area is 193 Å². The van der Waals surface area contributed by atoms with Gasteiger partial charge in [0.15, 0.2) is 5.82 Å². The molecule has 2 aromatic rings. The molecule has 1 unspecified atom stereocenters. The summed E-state index contributed by atoms with van der Waals surface area (Å²) in [7, 11) is 0. The first-order chi connectivity index (χ1) is 15.7. The predicted molar refractivity (Wildman–Crippen MR) is 120 cm³/mol. The molecule has 3 aliphatic heterocycles. The van der Waals surface area contributed by atoms with E-state index in [4.69, 9.17) is 10.2 Å². The molecule has 3 saturated heterocycles. The number of carboxylic acids is 2. The lowest BCUT2D eigenvalue weighted by molar-refractivity contribution is -0.134. The van der Waals surface area contributed by atoms with Gasteiger partial charge in [-0.3, -0.25) is 4.90 Å². The van der Waals surface area contributed by atoms with Crippen molar-refractivity contribution in [2.24, 2.45) is 11.8 Å². The summed E-state index contributed by atoms with van der Waals surface area (Å²) in [6.45, 7) is 3.69. The van der Waals surface area contributed by atoms with Crippen molar-refractivity contribution in [2.75, 3.05) is 31.1 Å². The first-order valence-corrected chi connectivity index (χ1v) is 11.2. The van der Waals surface area contributed by atoms with Gasteiger partial charge in [-0.1, -0.05) is 12.1 Å². The van der Waals surface area contributed by atoms with Gasteiger partial charge < -0.3 is 20.2 Å². The number of aliphatic carboxylic acids is 2. The normalized spacial score (nSPS) is 21.3. The Morgan fingerprint density at radius 1 is 1.09 bits per heavy atom. The molecule has 176 valence electrons. The summed E-state index contributed by atoms with van der Waals surface area (Å²) in [5.74, 6) is -1.42. The SMILES string of the molecule is O=C(O)/C=C/C(=O)O.O=C(O)N(CC1CN2CCC1CC2)c1ncsc1-c1ccc(F)cc1. The van der Waals surface area contributed by atoms with Crippen molar-refractivity contribution in [3.05, 3.63) is 47.7 Å². The molecule has 0 spiro atoms. The number of benzene rings is 1. The second-order valence-electron chi connectivity index (χ2n) is 7.81. The standard InChI is InChI=1S/C18H20FN3O2S.C4H4O4/c19-15-3-1-13(2-4-15)16-17(20-11-25-16)22(18(23)24)10-14-9-21-7-5-12(14)6-8-21;5-3(6)1-2-4(7)8/h1-4,11-12,14H,5-10H2,(H,23,24);1-2H,(H,5,6)(H,7,8)/b;2-1+. The molecule has 33 heavy (non-hydrogen) atoms. The third-order valence-electron chi connectivity index (χ3n) is 5.72. The summed E-state index contributed by atoms with van der Waals surface area (Å²) >= 11 is 1.38. The molecule has 3 N–H and O–H groups in total. The molecule has 0 radical (unpaired) electrons. The van der Waals surface area contributed by atoms with E-state index in [1.807, 2.05) is 0 Å². The van der Waals surface area contributed by atoms with E-state index in [0.29, 0.717) is 36.4 Å². The van der Waals surface area contributed by atoms with E-state index in [9.17, 15) is 23.9 Å². The minimum absolute atomic E-state index is 0.308. The van der Waals surface area contributed by atoms with Gasteiger partial charge in [0.2, 0.25) is 0 Å². The van der Waals surface area contributed by atoms with E-state index in [1.54, 1.807) is 17.6 Å². The molecule has 1 atom stereocenters. The van der Waals surface area contributed by atoms with Crippen LogP contribution in [0.2, 0.25) is 0 Å². The zero-order valence-electron chi connectivity index (χ0n) is 17.6. The third kappa shape index (κ3) is 6.59. The Morgan fingerprint density at radius 2 is 1.70 bits per heavy atom. The first kappa shape index (κ1) is 24.3. The second-order valence-corrected chi connectivity index (χ2v) is 8.67. The van der Waals surface area contributed by atoms with Crippen LogP contribution in [0, 0.1) is 17.7 Å². The number of hydrogen-bond acceptors (Lipinski definition) is 6. The smallest absolute Gasteiger partial charge is 0.413 e. The molecule has 11 heteroatoms. The quantitative estimate of drug-likeness (QED) is 0.539. The lowest BCUT2D eigenvalue weighted by Crippen LogP contribution is -2.51. The molecule has 9 nitrogen and oxygen atoms in total. The van der Waals surface area contributed by atoms with Crippen molar-refractivity contribution < 1.29 is 34.1 Å². The van der Waals surface area contributed by atoms with Gasteiger partial charge in [0.25, 0.3) is 0 Å². The van der Waals surface area contributed by atoms with Crippen molar-refractivity contribution >= 4 is 35.2 Å². The van der Waals surface area contributed by atoms with Gasteiger partial charge in [-0.2, -0.15) is 0 Å². The average molecular weight is 478 g/mol. The number of rotatable bonds is 6. The highest BCUT2D eigenvalue weighted by Crippen LogP contribution is 2.37. The number of aromatic nitrogens is 1. The van der Waals surface area contributed by atoms with Crippen LogP contribution >= 0.6 is 11.3 Å². The van der Waals surface area contributed by atoms with Crippen molar-refractivity contribution in [1.29, 1.82) is 0 Å². The largest absolute Gasteiger partial charge is 0.478 e. The van der Waals surface area contributed by atoms with E-state index in [0.717, 1.165) is 42.9 Å². The van der Waals surface area contributed by atoms with Gasteiger partial charge in [0.05, 0.1) is 10.4 Å². The second kappa shape index (κ2) is 11.0. The maximum atomic E-state index is 13.2. The Balaban J connectivity index is 0.000000331. The van der Waals surface area contributed by atoms with E-state index < -0.39 is 18.0 Å². The summed E-state index contributed by atoms with van der Waals surface area (Å²) in [6.07, 6.45) is 2.44. The Kier molecular flexibility index (Phi) is 8.12. The molecule has 3 aliphatic rings. The molecule has 1 amide bonds. The first-order valence-electron chi connectivity index (χ1n) is 10.3. The van der Waals surface area contributed by atoms with Crippen LogP contribution < -0.4 is 4.90 Å². The monoisotopic (exact) mass is 477 g/mol. The topological polar surface area (TPSA) is 131 Å². The maximum Gasteiger partial charge on any atom is 0.413 e. The summed E-state index contributed by atoms with van der Waals surface area (Å²) in [5.41, 5.74) is 2.44. The number of amides is 1. The van der Waals surface area contributed by atoms with Crippen molar-refractivity contribution in [3.8, 4) is 10.4 Å². The highest BCUT2D eigenvalue weighted by Gasteiger charge is 2.37. The number of thiazole rings is 1. The average Bonchev–Trinajstić information content (AvgIpc) is 3.27. The summed E-state index contributed by atoms with van der Waals surface area (Å²) < 4.78 is 13.2. The molecule has 3 fully saturated rings. The fourth-order valence-corrected chi connectivity index (χ4v) is 4.96. The lowest BCUT2D eigenvalue weighted by atomic mass is 9.79. The van der Waals surface area contributed by atoms with Crippen LogP contribution in [-0.4, -0.2) is 69.4 Å². The minimum atomic E-state index is -1.26. The Morgan fingerprint density at radius 3 is 2.18 bits per heavy atom. The van der Waals surface area contributed by atoms with Crippen LogP contribution in [0.15, 0.2) is 41.9 Å². The number of piperidine rings is 3. The number of carbonyl (C=O) groups is 3. The number of halogens is 1. The zero-order valence-corrected chi connectivity index (χ0v) is 18.4. The van der Waals surface area contributed by atoms with Gasteiger partial charge in [0.1, 0.15) is 5.82 Å². The van der Waals surface area contributed by atoms with Crippen LogP contribution in [0.1, 0.15) is 12.8 Å². The molecule has 0 saturated carbocycles. The third-order valence-corrected chi connectivity index (χ3v) is 6.58. The van der Waals surface area contributed by atoms with Gasteiger partial charge in [-0.15, -0.1) is 11.3 Å². The van der Waals surface area contributed by atoms with Gasteiger partial charge in [-0.05, 0) is 55.5 Å². The van der Waals surface area contributed by atoms with Crippen LogP contribution in [0.4, 0.5) is 15.0 Å². The Bertz CT molecular complexity index is 1000. The van der Waals surface area contributed by atoms with Crippen LogP contribution in [0.25, 0.3) is 10.4 Å². The number of carboxylic acid groups (broad SMARTS) is 3. The summed E-state index contributed by atoms with van der Waals surface area (Å²) in [4.78, 5) is 39.9. The molecule has 0 aliphatic carbocycles. The Hall–Kier alpha value is -3.31. The summed E-state index contributed by atoms with van der Waals surface area (Å²) in [5, 5.41) is 25.4. The molecular formula is C22H24FN3O6S. The van der Waals surface area contributed by atoms with Crippen LogP contribution in [-0.2, 0) is 9.59 Å². The highest BCUT2D eigenvalue weighted by atomic mass is 32.1. The molecule has 2 bridgehead atoms. The van der Waals surface area contributed by atoms with Crippen LogP contribution in [0.3, 0.4) is 0 Å². The van der Waals surface area contributed by atoms with E-state index in [-0.39, 0.29) is 5.82 Å². The number of fused-ring (bicyclic) bond motifs is 3. The van der Waals surface area contributed by atoms with Crippen molar-refractivity contribution in [2.45, 2.75) is 12.8 Å². The van der Waals surface area contributed by atoms with Crippen LogP contribution in [0.5, 0.6) is 0 Å².